The maximum Gasteiger partial charge on any atom is 0.240 e. The van der Waals surface area contributed by atoms with Gasteiger partial charge in [-0.25, -0.2) is 0 Å². The number of aromatic nitrogens is 1. The molecule has 1 unspecified atom stereocenters. The van der Waals surface area contributed by atoms with Crippen molar-refractivity contribution < 1.29 is 19.1 Å². The highest BCUT2D eigenvalue weighted by atomic mass is 16.5. The number of rotatable bonds is 5. The Bertz CT molecular complexity index is 1020. The van der Waals surface area contributed by atoms with Crippen LogP contribution in [0.2, 0.25) is 0 Å². The molecule has 2 aromatic carbocycles. The predicted octanol–water partition coefficient (Wildman–Crippen LogP) is 3.49. The zero-order valence-corrected chi connectivity index (χ0v) is 15.7. The molecule has 0 radical (unpaired) electrons. The molecule has 6 heteroatoms. The van der Waals surface area contributed by atoms with E-state index in [1.54, 1.807) is 10.8 Å². The van der Waals surface area contributed by atoms with Crippen molar-refractivity contribution in [1.82, 2.24) is 9.88 Å². The molecule has 4 rings (SSSR count). The van der Waals surface area contributed by atoms with E-state index in [4.69, 9.17) is 9.47 Å². The molecule has 3 aromatic rings. The molecule has 0 saturated carbocycles. The first-order valence-electron chi connectivity index (χ1n) is 9.37. The van der Waals surface area contributed by atoms with Crippen LogP contribution in [0.15, 0.2) is 48.7 Å². The van der Waals surface area contributed by atoms with Crippen molar-refractivity contribution in [3.8, 4) is 11.5 Å². The monoisotopic (exact) mass is 378 g/mol. The smallest absolute Gasteiger partial charge is 0.240 e. The van der Waals surface area contributed by atoms with Gasteiger partial charge in [0.25, 0.3) is 0 Å². The number of nitrogens with zero attached hydrogens (tertiary/aromatic N) is 1. The molecule has 144 valence electrons. The summed E-state index contributed by atoms with van der Waals surface area (Å²) in [5.74, 6) is 1.32. The van der Waals surface area contributed by atoms with E-state index in [2.05, 4.69) is 5.32 Å². The minimum absolute atomic E-state index is 0.127. The molecule has 28 heavy (non-hydrogen) atoms. The van der Waals surface area contributed by atoms with Crippen molar-refractivity contribution >= 4 is 23.1 Å². The van der Waals surface area contributed by atoms with Gasteiger partial charge in [0.15, 0.2) is 17.8 Å². The molecule has 0 bridgehead atoms. The molecule has 1 atom stereocenters. The van der Waals surface area contributed by atoms with Crippen LogP contribution in [-0.4, -0.2) is 30.0 Å². The highest BCUT2D eigenvalue weighted by molar-refractivity contribution is 5.98. The zero-order chi connectivity index (χ0) is 19.5. The number of benzene rings is 2. The fourth-order valence-corrected chi connectivity index (χ4v) is 3.47. The Balaban J connectivity index is 1.48. The Morgan fingerprint density at radius 3 is 2.79 bits per heavy atom. The van der Waals surface area contributed by atoms with Crippen LogP contribution in [0.3, 0.4) is 0 Å². The van der Waals surface area contributed by atoms with Crippen molar-refractivity contribution in [3.05, 3.63) is 59.8 Å². The molecule has 1 aromatic heterocycles. The average Bonchev–Trinajstić information content (AvgIpc) is 2.89. The first kappa shape index (κ1) is 18.1. The minimum atomic E-state index is -0.183. The lowest BCUT2D eigenvalue weighted by atomic mass is 10.1. The second-order valence-corrected chi connectivity index (χ2v) is 6.89. The number of fused-ring (bicyclic) bond motifs is 2. The standard InChI is InChI=1S/C22H22N2O4/c1-15(16-7-8-20-21(11-16)28-10-4-9-27-20)23-22(26)13-24-12-17(14-25)18-5-2-3-6-19(18)24/h2-3,5-8,11-12,14-15H,4,9-10,13H2,1H3,(H,23,26). The van der Waals surface area contributed by atoms with Crippen LogP contribution in [0.25, 0.3) is 10.9 Å². The fourth-order valence-electron chi connectivity index (χ4n) is 3.47. The van der Waals surface area contributed by atoms with E-state index in [-0.39, 0.29) is 18.5 Å². The molecule has 0 saturated heterocycles. The summed E-state index contributed by atoms with van der Waals surface area (Å²) in [7, 11) is 0. The topological polar surface area (TPSA) is 69.6 Å². The van der Waals surface area contributed by atoms with Gasteiger partial charge in [-0.05, 0) is 30.7 Å². The Kier molecular flexibility index (Phi) is 5.02. The van der Waals surface area contributed by atoms with Gasteiger partial charge in [0.05, 0.1) is 19.3 Å². The molecule has 1 N–H and O–H groups in total. The number of aldehydes is 1. The second kappa shape index (κ2) is 7.76. The lowest BCUT2D eigenvalue weighted by Gasteiger charge is -2.17. The molecule has 0 fully saturated rings. The molecule has 1 aliphatic rings. The van der Waals surface area contributed by atoms with E-state index in [1.165, 1.54) is 0 Å². The number of para-hydroxylation sites is 1. The number of ether oxygens (including phenoxy) is 2. The van der Waals surface area contributed by atoms with Crippen LogP contribution in [0.5, 0.6) is 11.5 Å². The summed E-state index contributed by atoms with van der Waals surface area (Å²) < 4.78 is 13.2. The number of carbonyl (C=O) groups is 2. The van der Waals surface area contributed by atoms with Gasteiger partial charge >= 0.3 is 0 Å². The van der Waals surface area contributed by atoms with Gasteiger partial charge in [-0.2, -0.15) is 0 Å². The van der Waals surface area contributed by atoms with Gasteiger partial charge in [-0.3, -0.25) is 9.59 Å². The van der Waals surface area contributed by atoms with E-state index >= 15 is 0 Å². The molecule has 2 heterocycles. The van der Waals surface area contributed by atoms with Gasteiger partial charge in [0.2, 0.25) is 5.91 Å². The molecule has 6 nitrogen and oxygen atoms in total. The lowest BCUT2D eigenvalue weighted by Crippen LogP contribution is -2.29. The lowest BCUT2D eigenvalue weighted by molar-refractivity contribution is -0.122. The summed E-state index contributed by atoms with van der Waals surface area (Å²) >= 11 is 0. The van der Waals surface area contributed by atoms with Crippen LogP contribution < -0.4 is 14.8 Å². The largest absolute Gasteiger partial charge is 0.490 e. The van der Waals surface area contributed by atoms with Gasteiger partial charge in [-0.1, -0.05) is 24.3 Å². The Hall–Kier alpha value is -3.28. The maximum atomic E-state index is 12.6. The number of hydrogen-bond acceptors (Lipinski definition) is 4. The summed E-state index contributed by atoms with van der Waals surface area (Å²) in [6.07, 6.45) is 3.39. The summed E-state index contributed by atoms with van der Waals surface area (Å²) in [5, 5.41) is 3.86. The molecule has 1 amide bonds. The quantitative estimate of drug-likeness (QED) is 0.690. The first-order valence-corrected chi connectivity index (χ1v) is 9.37. The van der Waals surface area contributed by atoms with Crippen LogP contribution in [0.1, 0.15) is 35.3 Å². The summed E-state index contributed by atoms with van der Waals surface area (Å²) in [6.45, 7) is 3.34. The SMILES string of the molecule is CC(NC(=O)Cn1cc(C=O)c2ccccc21)c1ccc2c(c1)OCCCO2. The number of nitrogens with one attached hydrogen (secondary N) is 1. The number of amides is 1. The predicted molar refractivity (Wildman–Crippen MR) is 106 cm³/mol. The van der Waals surface area contributed by atoms with Crippen LogP contribution in [-0.2, 0) is 11.3 Å². The maximum absolute atomic E-state index is 12.6. The highest BCUT2D eigenvalue weighted by Crippen LogP contribution is 2.32. The minimum Gasteiger partial charge on any atom is -0.490 e. The van der Waals surface area contributed by atoms with Crippen molar-refractivity contribution in [2.24, 2.45) is 0 Å². The van der Waals surface area contributed by atoms with E-state index in [9.17, 15) is 9.59 Å². The first-order chi connectivity index (χ1) is 13.7. The van der Waals surface area contributed by atoms with Crippen LogP contribution in [0.4, 0.5) is 0 Å². The van der Waals surface area contributed by atoms with E-state index < -0.39 is 0 Å². The van der Waals surface area contributed by atoms with E-state index in [0.717, 1.165) is 34.9 Å². The zero-order valence-electron chi connectivity index (χ0n) is 15.7. The Labute approximate surface area is 163 Å². The van der Waals surface area contributed by atoms with Crippen molar-refractivity contribution in [3.63, 3.8) is 0 Å². The van der Waals surface area contributed by atoms with Gasteiger partial charge < -0.3 is 19.4 Å². The molecule has 0 spiro atoms. The highest BCUT2D eigenvalue weighted by Gasteiger charge is 2.16. The summed E-state index contributed by atoms with van der Waals surface area (Å²) in [6, 6.07) is 13.1. The van der Waals surface area contributed by atoms with Crippen LogP contribution >= 0.6 is 0 Å². The fraction of sp³-hybridized carbons (Fsp3) is 0.273. The third-order valence-electron chi connectivity index (χ3n) is 4.91. The average molecular weight is 378 g/mol. The van der Waals surface area contributed by atoms with Gasteiger partial charge in [0, 0.05) is 29.1 Å². The summed E-state index contributed by atoms with van der Waals surface area (Å²) in [5.41, 5.74) is 2.39. The van der Waals surface area contributed by atoms with Gasteiger partial charge in [0.1, 0.15) is 6.54 Å². The molecule has 1 aliphatic heterocycles. The van der Waals surface area contributed by atoms with E-state index in [1.807, 2.05) is 49.4 Å². The van der Waals surface area contributed by atoms with Crippen molar-refractivity contribution in [2.75, 3.05) is 13.2 Å². The molecular formula is C22H22N2O4. The third kappa shape index (κ3) is 3.58. The molecule has 0 aliphatic carbocycles. The summed E-state index contributed by atoms with van der Waals surface area (Å²) in [4.78, 5) is 23.9. The number of hydrogen-bond donors (Lipinski definition) is 1. The van der Waals surface area contributed by atoms with Crippen molar-refractivity contribution in [1.29, 1.82) is 0 Å². The van der Waals surface area contributed by atoms with Crippen LogP contribution in [0, 0.1) is 0 Å². The second-order valence-electron chi connectivity index (χ2n) is 6.89. The van der Waals surface area contributed by atoms with E-state index in [0.29, 0.717) is 24.5 Å². The third-order valence-corrected chi connectivity index (χ3v) is 4.91. The van der Waals surface area contributed by atoms with Crippen molar-refractivity contribution in [2.45, 2.75) is 25.9 Å². The Morgan fingerprint density at radius 1 is 1.18 bits per heavy atom. The molecular weight excluding hydrogens is 356 g/mol. The normalized spacial score (nSPS) is 14.3. The Morgan fingerprint density at radius 2 is 1.96 bits per heavy atom. The van der Waals surface area contributed by atoms with Gasteiger partial charge in [-0.15, -0.1) is 0 Å². The number of carbonyl (C=O) groups excluding carboxylic acids is 2.